The molecule has 0 aliphatic carbocycles. The van der Waals surface area contributed by atoms with Crippen molar-refractivity contribution < 1.29 is 24.6 Å². The predicted octanol–water partition coefficient (Wildman–Crippen LogP) is -0.763. The number of aliphatic hydroxyl groups excluding tert-OH is 1. The number of nitrogens with one attached hydrogen (secondary N) is 1. The minimum absolute atomic E-state index is 0.151. The third-order valence-electron chi connectivity index (χ3n) is 2.41. The van der Waals surface area contributed by atoms with E-state index in [-0.39, 0.29) is 12.2 Å². The summed E-state index contributed by atoms with van der Waals surface area (Å²) in [6.07, 6.45) is -0.476. The summed E-state index contributed by atoms with van der Waals surface area (Å²) >= 11 is 0. The zero-order valence-corrected chi connectivity index (χ0v) is 10.00. The average Bonchev–Trinajstić information content (AvgIpc) is 2.37. The van der Waals surface area contributed by atoms with E-state index >= 15 is 0 Å². The van der Waals surface area contributed by atoms with E-state index in [1.807, 2.05) is 0 Å². The molecule has 1 aromatic rings. The Hall–Kier alpha value is -2.41. The number of carbonyl (C=O) groups excluding carboxylic acids is 2. The lowest BCUT2D eigenvalue weighted by molar-refractivity contribution is -0.140. The SMILES string of the molecule is NC(=O)C[C@@H](NC(=O)c1ccc(CO)cc1)C(=O)O. The maximum Gasteiger partial charge on any atom is 0.326 e. The van der Waals surface area contributed by atoms with Crippen LogP contribution in [0, 0.1) is 0 Å². The Kier molecular flexibility index (Phi) is 5.01. The van der Waals surface area contributed by atoms with Crippen molar-refractivity contribution in [2.45, 2.75) is 19.1 Å². The van der Waals surface area contributed by atoms with Gasteiger partial charge in [-0.1, -0.05) is 12.1 Å². The van der Waals surface area contributed by atoms with Crippen molar-refractivity contribution in [3.8, 4) is 0 Å². The number of primary amides is 1. The van der Waals surface area contributed by atoms with Crippen LogP contribution in [0.15, 0.2) is 24.3 Å². The van der Waals surface area contributed by atoms with Crippen molar-refractivity contribution in [2.24, 2.45) is 5.73 Å². The quantitative estimate of drug-likeness (QED) is 0.537. The molecule has 0 radical (unpaired) electrons. The molecule has 2 amide bonds. The molecule has 102 valence electrons. The molecular formula is C12H14N2O5. The van der Waals surface area contributed by atoms with Gasteiger partial charge in [-0.3, -0.25) is 9.59 Å². The van der Waals surface area contributed by atoms with E-state index in [1.165, 1.54) is 12.1 Å². The van der Waals surface area contributed by atoms with Gasteiger partial charge >= 0.3 is 5.97 Å². The van der Waals surface area contributed by atoms with Crippen LogP contribution in [0.1, 0.15) is 22.3 Å². The second-order valence-electron chi connectivity index (χ2n) is 3.89. The molecule has 1 aromatic carbocycles. The van der Waals surface area contributed by atoms with Crippen LogP contribution >= 0.6 is 0 Å². The van der Waals surface area contributed by atoms with E-state index in [2.05, 4.69) is 5.32 Å². The van der Waals surface area contributed by atoms with Crippen LogP contribution in [0.25, 0.3) is 0 Å². The lowest BCUT2D eigenvalue weighted by Crippen LogP contribution is -2.43. The van der Waals surface area contributed by atoms with Crippen molar-refractivity contribution in [1.82, 2.24) is 5.32 Å². The number of nitrogens with two attached hydrogens (primary N) is 1. The molecule has 0 aliphatic heterocycles. The Morgan fingerprint density at radius 3 is 2.21 bits per heavy atom. The van der Waals surface area contributed by atoms with Crippen LogP contribution in [0.2, 0.25) is 0 Å². The molecule has 0 aromatic heterocycles. The lowest BCUT2D eigenvalue weighted by atomic mass is 10.1. The Balaban J connectivity index is 2.75. The molecule has 0 bridgehead atoms. The van der Waals surface area contributed by atoms with Crippen molar-refractivity contribution in [3.05, 3.63) is 35.4 Å². The van der Waals surface area contributed by atoms with Gasteiger partial charge in [-0.25, -0.2) is 4.79 Å². The topological polar surface area (TPSA) is 130 Å². The third kappa shape index (κ3) is 4.40. The van der Waals surface area contributed by atoms with Gasteiger partial charge in [0.15, 0.2) is 0 Å². The van der Waals surface area contributed by atoms with Crippen LogP contribution in [-0.4, -0.2) is 34.0 Å². The number of amides is 2. The number of carboxylic acids is 1. The molecule has 0 saturated heterocycles. The number of benzene rings is 1. The minimum atomic E-state index is -1.36. The number of carboxylic acid groups (broad SMARTS) is 1. The molecule has 0 spiro atoms. The van der Waals surface area contributed by atoms with Gasteiger partial charge in [0.2, 0.25) is 5.91 Å². The molecule has 19 heavy (non-hydrogen) atoms. The first kappa shape index (κ1) is 14.7. The van der Waals surface area contributed by atoms with Crippen LogP contribution in [0.3, 0.4) is 0 Å². The Morgan fingerprint density at radius 1 is 1.21 bits per heavy atom. The summed E-state index contributed by atoms with van der Waals surface area (Å²) in [4.78, 5) is 33.3. The second kappa shape index (κ2) is 6.50. The maximum atomic E-state index is 11.8. The van der Waals surface area contributed by atoms with Gasteiger partial charge < -0.3 is 21.3 Å². The van der Waals surface area contributed by atoms with Crippen LogP contribution in [-0.2, 0) is 16.2 Å². The van der Waals surface area contributed by atoms with Crippen molar-refractivity contribution in [1.29, 1.82) is 0 Å². The smallest absolute Gasteiger partial charge is 0.326 e. The van der Waals surface area contributed by atoms with Gasteiger partial charge in [-0.2, -0.15) is 0 Å². The first-order chi connectivity index (χ1) is 8.93. The summed E-state index contributed by atoms with van der Waals surface area (Å²) < 4.78 is 0. The number of hydrogen-bond acceptors (Lipinski definition) is 4. The van der Waals surface area contributed by atoms with Gasteiger partial charge in [-0.15, -0.1) is 0 Å². The van der Waals surface area contributed by atoms with Gasteiger partial charge in [0.25, 0.3) is 5.91 Å². The summed E-state index contributed by atoms with van der Waals surface area (Å²) in [7, 11) is 0. The van der Waals surface area contributed by atoms with Gasteiger partial charge in [0.05, 0.1) is 13.0 Å². The summed E-state index contributed by atoms with van der Waals surface area (Å²) in [5.74, 6) is -2.78. The molecule has 1 atom stereocenters. The predicted molar refractivity (Wildman–Crippen MR) is 65.1 cm³/mol. The normalized spacial score (nSPS) is 11.6. The molecule has 0 unspecified atom stereocenters. The molecule has 0 aliphatic rings. The Bertz CT molecular complexity index is 483. The fraction of sp³-hybridized carbons (Fsp3) is 0.250. The van der Waals surface area contributed by atoms with Crippen LogP contribution in [0.5, 0.6) is 0 Å². The highest BCUT2D eigenvalue weighted by atomic mass is 16.4. The zero-order chi connectivity index (χ0) is 14.4. The number of aliphatic hydroxyl groups is 1. The summed E-state index contributed by atoms with van der Waals surface area (Å²) in [5, 5.41) is 19.9. The van der Waals surface area contributed by atoms with Crippen molar-refractivity contribution in [3.63, 3.8) is 0 Å². The Labute approximate surface area is 109 Å². The first-order valence-electron chi connectivity index (χ1n) is 5.45. The van der Waals surface area contributed by atoms with Crippen molar-refractivity contribution >= 4 is 17.8 Å². The fourth-order valence-electron chi connectivity index (χ4n) is 1.40. The van der Waals surface area contributed by atoms with Gasteiger partial charge in [0, 0.05) is 5.56 Å². The first-order valence-corrected chi connectivity index (χ1v) is 5.45. The largest absolute Gasteiger partial charge is 0.480 e. The summed E-state index contributed by atoms with van der Waals surface area (Å²) in [5.41, 5.74) is 5.76. The van der Waals surface area contributed by atoms with E-state index in [9.17, 15) is 14.4 Å². The summed E-state index contributed by atoms with van der Waals surface area (Å²) in [6, 6.07) is 4.62. The highest BCUT2D eigenvalue weighted by Crippen LogP contribution is 2.05. The van der Waals surface area contributed by atoms with E-state index < -0.39 is 30.2 Å². The molecule has 0 heterocycles. The molecule has 0 fully saturated rings. The van der Waals surface area contributed by atoms with E-state index in [4.69, 9.17) is 15.9 Å². The number of aliphatic carboxylic acids is 1. The third-order valence-corrected chi connectivity index (χ3v) is 2.41. The van der Waals surface area contributed by atoms with E-state index in [1.54, 1.807) is 12.1 Å². The Morgan fingerprint density at radius 2 is 1.79 bits per heavy atom. The monoisotopic (exact) mass is 266 g/mol. The second-order valence-corrected chi connectivity index (χ2v) is 3.89. The highest BCUT2D eigenvalue weighted by Gasteiger charge is 2.22. The van der Waals surface area contributed by atoms with Crippen molar-refractivity contribution in [2.75, 3.05) is 0 Å². The lowest BCUT2D eigenvalue weighted by Gasteiger charge is -2.12. The van der Waals surface area contributed by atoms with Crippen LogP contribution in [0.4, 0.5) is 0 Å². The summed E-state index contributed by atoms with van der Waals surface area (Å²) in [6.45, 7) is -0.151. The van der Waals surface area contributed by atoms with E-state index in [0.717, 1.165) is 0 Å². The number of rotatable bonds is 6. The zero-order valence-electron chi connectivity index (χ0n) is 10.00. The molecule has 5 N–H and O–H groups in total. The van der Waals surface area contributed by atoms with Gasteiger partial charge in [0.1, 0.15) is 6.04 Å². The van der Waals surface area contributed by atoms with Gasteiger partial charge in [-0.05, 0) is 17.7 Å². The highest BCUT2D eigenvalue weighted by molar-refractivity contribution is 5.97. The van der Waals surface area contributed by atoms with Crippen LogP contribution < -0.4 is 11.1 Å². The standard InChI is InChI=1S/C12H14N2O5/c13-10(16)5-9(12(18)19)14-11(17)8-3-1-7(6-15)2-4-8/h1-4,9,15H,5-6H2,(H2,13,16)(H,14,17)(H,18,19)/t9-/m1/s1. The molecule has 7 nitrogen and oxygen atoms in total. The fourth-order valence-corrected chi connectivity index (χ4v) is 1.40. The average molecular weight is 266 g/mol. The molecule has 1 rings (SSSR count). The molecule has 0 saturated carbocycles. The number of carbonyl (C=O) groups is 3. The maximum absolute atomic E-state index is 11.8. The van der Waals surface area contributed by atoms with E-state index in [0.29, 0.717) is 5.56 Å². The molecular weight excluding hydrogens is 252 g/mol. The minimum Gasteiger partial charge on any atom is -0.480 e. The molecule has 7 heteroatoms. The number of hydrogen-bond donors (Lipinski definition) is 4.